The van der Waals surface area contributed by atoms with Crippen molar-refractivity contribution in [1.82, 2.24) is 19.7 Å². The third kappa shape index (κ3) is 2.99. The lowest BCUT2D eigenvalue weighted by molar-refractivity contribution is 0.386. The van der Waals surface area contributed by atoms with Crippen molar-refractivity contribution >= 4 is 5.69 Å². The van der Waals surface area contributed by atoms with Gasteiger partial charge in [0.2, 0.25) is 0 Å². The molecule has 2 aromatic heterocycles. The first kappa shape index (κ1) is 17.1. The number of fused-ring (bicyclic) bond motifs is 1. The summed E-state index contributed by atoms with van der Waals surface area (Å²) in [6.45, 7) is 3.53. The molecule has 6 heteroatoms. The van der Waals surface area contributed by atoms with Crippen LogP contribution in [0.5, 0.6) is 0 Å². The van der Waals surface area contributed by atoms with Crippen LogP contribution in [0.3, 0.4) is 0 Å². The standard InChI is InChI=1S/C22H23N5O/c1-25-14-18-10-12-26(20(18)15-25)19-7-4-16(5-8-19)17-6-9-21(23-13-17)27-22(28)3-2-11-24-27/h2-9,11,13,18,20H,10,12,14-15H2,1H3/t18-,20+/m1/s1. The van der Waals surface area contributed by atoms with E-state index in [1.165, 1.54) is 29.4 Å². The Morgan fingerprint density at radius 1 is 1.00 bits per heavy atom. The van der Waals surface area contributed by atoms with Gasteiger partial charge in [-0.05, 0) is 55.3 Å². The summed E-state index contributed by atoms with van der Waals surface area (Å²) < 4.78 is 1.30. The second-order valence-corrected chi connectivity index (χ2v) is 7.76. The summed E-state index contributed by atoms with van der Waals surface area (Å²) in [7, 11) is 2.22. The lowest BCUT2D eigenvalue weighted by Gasteiger charge is -2.26. The van der Waals surface area contributed by atoms with Gasteiger partial charge in [-0.2, -0.15) is 9.78 Å². The van der Waals surface area contributed by atoms with Crippen molar-refractivity contribution in [2.24, 2.45) is 5.92 Å². The van der Waals surface area contributed by atoms with E-state index in [2.05, 4.69) is 51.2 Å². The summed E-state index contributed by atoms with van der Waals surface area (Å²) in [5.41, 5.74) is 3.26. The zero-order valence-corrected chi connectivity index (χ0v) is 15.9. The average molecular weight is 373 g/mol. The lowest BCUT2D eigenvalue weighted by atomic mass is 10.0. The number of benzene rings is 1. The van der Waals surface area contributed by atoms with E-state index >= 15 is 0 Å². The number of likely N-dealkylation sites (N-methyl/N-ethyl adjacent to an activating group) is 1. The Balaban J connectivity index is 1.36. The molecule has 2 aliphatic heterocycles. The molecule has 2 aliphatic rings. The van der Waals surface area contributed by atoms with Crippen LogP contribution in [0.1, 0.15) is 6.42 Å². The summed E-state index contributed by atoms with van der Waals surface area (Å²) >= 11 is 0. The molecule has 4 heterocycles. The Kier molecular flexibility index (Phi) is 4.20. The van der Waals surface area contributed by atoms with Crippen molar-refractivity contribution < 1.29 is 0 Å². The Morgan fingerprint density at radius 3 is 2.57 bits per heavy atom. The smallest absolute Gasteiger partial charge is 0.272 e. The molecular weight excluding hydrogens is 350 g/mol. The number of aromatic nitrogens is 3. The molecule has 0 spiro atoms. The molecule has 0 radical (unpaired) electrons. The Hall–Kier alpha value is -2.99. The van der Waals surface area contributed by atoms with E-state index < -0.39 is 0 Å². The second-order valence-electron chi connectivity index (χ2n) is 7.76. The topological polar surface area (TPSA) is 54.3 Å². The minimum Gasteiger partial charge on any atom is -0.367 e. The number of rotatable bonds is 3. The molecule has 28 heavy (non-hydrogen) atoms. The Bertz CT molecular complexity index is 1030. The maximum atomic E-state index is 11.9. The van der Waals surface area contributed by atoms with Gasteiger partial charge < -0.3 is 9.80 Å². The number of nitrogens with zero attached hydrogens (tertiary/aromatic N) is 5. The number of hydrogen-bond donors (Lipinski definition) is 0. The van der Waals surface area contributed by atoms with Crippen molar-refractivity contribution in [3.63, 3.8) is 0 Å². The Labute approximate surface area is 164 Å². The maximum Gasteiger partial charge on any atom is 0.272 e. The van der Waals surface area contributed by atoms with Crippen LogP contribution >= 0.6 is 0 Å². The highest BCUT2D eigenvalue weighted by atomic mass is 16.1. The fourth-order valence-corrected chi connectivity index (χ4v) is 4.55. The Morgan fingerprint density at radius 2 is 1.82 bits per heavy atom. The van der Waals surface area contributed by atoms with Crippen LogP contribution in [0.4, 0.5) is 5.69 Å². The van der Waals surface area contributed by atoms with Gasteiger partial charge >= 0.3 is 0 Å². The monoisotopic (exact) mass is 373 g/mol. The zero-order chi connectivity index (χ0) is 19.1. The van der Waals surface area contributed by atoms with E-state index in [0.29, 0.717) is 11.9 Å². The molecule has 5 rings (SSSR count). The molecule has 6 nitrogen and oxygen atoms in total. The van der Waals surface area contributed by atoms with Crippen LogP contribution < -0.4 is 10.5 Å². The molecule has 2 atom stereocenters. The number of pyridine rings is 1. The molecule has 0 amide bonds. The van der Waals surface area contributed by atoms with Gasteiger partial charge in [-0.25, -0.2) is 4.98 Å². The first-order valence-corrected chi connectivity index (χ1v) is 9.75. The first-order valence-electron chi connectivity index (χ1n) is 9.75. The predicted octanol–water partition coefficient (Wildman–Crippen LogP) is 2.43. The van der Waals surface area contributed by atoms with Gasteiger partial charge in [0.25, 0.3) is 5.56 Å². The highest BCUT2D eigenvalue weighted by Gasteiger charge is 2.39. The van der Waals surface area contributed by atoms with E-state index in [1.54, 1.807) is 18.5 Å². The SMILES string of the molecule is CN1C[C@H]2CCN(c3ccc(-c4ccc(-n5ncccc5=O)nc4)cc3)[C@H]2C1. The molecule has 2 saturated heterocycles. The third-order valence-electron chi connectivity index (χ3n) is 5.94. The molecule has 0 bridgehead atoms. The minimum atomic E-state index is -0.187. The van der Waals surface area contributed by atoms with E-state index in [0.717, 1.165) is 30.1 Å². The highest BCUT2D eigenvalue weighted by Crippen LogP contribution is 2.35. The fourth-order valence-electron chi connectivity index (χ4n) is 4.55. The van der Waals surface area contributed by atoms with E-state index in [-0.39, 0.29) is 5.56 Å². The molecule has 0 unspecified atom stereocenters. The van der Waals surface area contributed by atoms with Crippen LogP contribution in [0.15, 0.2) is 65.7 Å². The normalized spacial score (nSPS) is 21.8. The van der Waals surface area contributed by atoms with Crippen LogP contribution in [0.2, 0.25) is 0 Å². The van der Waals surface area contributed by atoms with Gasteiger partial charge in [0.05, 0.1) is 0 Å². The molecule has 0 saturated carbocycles. The molecular formula is C22H23N5O. The lowest BCUT2D eigenvalue weighted by Crippen LogP contribution is -2.34. The molecule has 142 valence electrons. The highest BCUT2D eigenvalue weighted by molar-refractivity contribution is 5.66. The predicted molar refractivity (Wildman–Crippen MR) is 110 cm³/mol. The van der Waals surface area contributed by atoms with Gasteiger partial charge in [-0.1, -0.05) is 12.1 Å². The average Bonchev–Trinajstić information content (AvgIpc) is 3.28. The molecule has 2 fully saturated rings. The van der Waals surface area contributed by atoms with E-state index in [4.69, 9.17) is 0 Å². The second kappa shape index (κ2) is 6.87. The summed E-state index contributed by atoms with van der Waals surface area (Å²) in [5, 5.41) is 4.07. The quantitative estimate of drug-likeness (QED) is 0.706. The van der Waals surface area contributed by atoms with Crippen molar-refractivity contribution in [2.75, 3.05) is 31.6 Å². The summed E-state index contributed by atoms with van der Waals surface area (Å²) in [6.07, 6.45) is 4.67. The van der Waals surface area contributed by atoms with Crippen LogP contribution in [0.25, 0.3) is 16.9 Å². The van der Waals surface area contributed by atoms with Gasteiger partial charge in [0.15, 0.2) is 5.82 Å². The number of likely N-dealkylation sites (tertiary alicyclic amines) is 1. The van der Waals surface area contributed by atoms with Crippen molar-refractivity contribution in [3.8, 4) is 16.9 Å². The van der Waals surface area contributed by atoms with Crippen molar-refractivity contribution in [1.29, 1.82) is 0 Å². The van der Waals surface area contributed by atoms with Gasteiger partial charge in [0, 0.05) is 55.4 Å². The van der Waals surface area contributed by atoms with Crippen LogP contribution in [-0.4, -0.2) is 52.4 Å². The van der Waals surface area contributed by atoms with Crippen LogP contribution in [0, 0.1) is 5.92 Å². The van der Waals surface area contributed by atoms with Crippen molar-refractivity contribution in [3.05, 3.63) is 71.3 Å². The first-order chi connectivity index (χ1) is 13.7. The van der Waals surface area contributed by atoms with Crippen LogP contribution in [-0.2, 0) is 0 Å². The van der Waals surface area contributed by atoms with Gasteiger partial charge in [0.1, 0.15) is 0 Å². The number of hydrogen-bond acceptors (Lipinski definition) is 5. The summed E-state index contributed by atoms with van der Waals surface area (Å²) in [4.78, 5) is 21.3. The summed E-state index contributed by atoms with van der Waals surface area (Å²) in [6, 6.07) is 16.3. The number of anilines is 1. The molecule has 1 aromatic carbocycles. The molecule has 0 N–H and O–H groups in total. The third-order valence-corrected chi connectivity index (χ3v) is 5.94. The largest absolute Gasteiger partial charge is 0.367 e. The van der Waals surface area contributed by atoms with E-state index in [1.807, 2.05) is 12.1 Å². The van der Waals surface area contributed by atoms with Crippen molar-refractivity contribution in [2.45, 2.75) is 12.5 Å². The van der Waals surface area contributed by atoms with E-state index in [9.17, 15) is 4.79 Å². The van der Waals surface area contributed by atoms with Gasteiger partial charge in [-0.3, -0.25) is 4.79 Å². The fraction of sp³-hybridized carbons (Fsp3) is 0.318. The maximum absolute atomic E-state index is 11.9. The minimum absolute atomic E-state index is 0.187. The molecule has 3 aromatic rings. The molecule has 0 aliphatic carbocycles. The van der Waals surface area contributed by atoms with Gasteiger partial charge in [-0.15, -0.1) is 0 Å². The zero-order valence-electron chi connectivity index (χ0n) is 15.9. The summed E-state index contributed by atoms with van der Waals surface area (Å²) in [5.74, 6) is 1.33.